The van der Waals surface area contributed by atoms with Crippen molar-refractivity contribution in [1.82, 2.24) is 20.1 Å². The SMILES string of the molecule is CC(Cn1cccn1)NC(=O)c1ccnc(N)c1F. The number of nitrogens with zero attached hydrogens (tertiary/aromatic N) is 3. The largest absolute Gasteiger partial charge is 0.381 e. The van der Waals surface area contributed by atoms with Gasteiger partial charge in [0.25, 0.3) is 5.91 Å². The number of halogens is 1. The van der Waals surface area contributed by atoms with Crippen molar-refractivity contribution in [2.45, 2.75) is 19.5 Å². The molecule has 0 spiro atoms. The Balaban J connectivity index is 2.02. The first kappa shape index (κ1) is 13.0. The Morgan fingerprint density at radius 2 is 2.37 bits per heavy atom. The first-order chi connectivity index (χ1) is 9.08. The van der Waals surface area contributed by atoms with Gasteiger partial charge in [0.2, 0.25) is 0 Å². The second kappa shape index (κ2) is 5.47. The summed E-state index contributed by atoms with van der Waals surface area (Å²) in [6, 6.07) is 2.89. The monoisotopic (exact) mass is 263 g/mol. The van der Waals surface area contributed by atoms with E-state index in [-0.39, 0.29) is 17.4 Å². The average Bonchev–Trinajstić information content (AvgIpc) is 2.85. The lowest BCUT2D eigenvalue weighted by atomic mass is 10.2. The summed E-state index contributed by atoms with van der Waals surface area (Å²) in [6.07, 6.45) is 4.73. The van der Waals surface area contributed by atoms with Crippen LogP contribution in [0.25, 0.3) is 0 Å². The van der Waals surface area contributed by atoms with Gasteiger partial charge in [0, 0.05) is 24.6 Å². The minimum atomic E-state index is -0.800. The van der Waals surface area contributed by atoms with Gasteiger partial charge in [0.05, 0.1) is 12.1 Å². The highest BCUT2D eigenvalue weighted by atomic mass is 19.1. The van der Waals surface area contributed by atoms with Crippen LogP contribution < -0.4 is 11.1 Å². The maximum atomic E-state index is 13.6. The highest BCUT2D eigenvalue weighted by Gasteiger charge is 2.16. The van der Waals surface area contributed by atoms with E-state index in [1.807, 2.05) is 6.92 Å². The molecule has 0 aliphatic rings. The molecular formula is C12H14FN5O. The van der Waals surface area contributed by atoms with Gasteiger partial charge in [-0.3, -0.25) is 9.48 Å². The van der Waals surface area contributed by atoms with Crippen LogP contribution in [0.1, 0.15) is 17.3 Å². The number of carbonyl (C=O) groups excluding carboxylic acids is 1. The van der Waals surface area contributed by atoms with Gasteiger partial charge in [-0.1, -0.05) is 0 Å². The Labute approximate surface area is 109 Å². The number of amides is 1. The molecule has 1 atom stereocenters. The third kappa shape index (κ3) is 3.06. The van der Waals surface area contributed by atoms with Crippen molar-refractivity contribution in [3.63, 3.8) is 0 Å². The maximum absolute atomic E-state index is 13.6. The quantitative estimate of drug-likeness (QED) is 0.855. The van der Waals surface area contributed by atoms with E-state index in [1.165, 1.54) is 12.3 Å². The van der Waals surface area contributed by atoms with E-state index in [2.05, 4.69) is 15.4 Å². The lowest BCUT2D eigenvalue weighted by molar-refractivity contribution is 0.0932. The number of pyridine rings is 1. The van der Waals surface area contributed by atoms with Gasteiger partial charge in [0.15, 0.2) is 11.6 Å². The van der Waals surface area contributed by atoms with Gasteiger partial charge in [0.1, 0.15) is 0 Å². The van der Waals surface area contributed by atoms with Crippen molar-refractivity contribution in [3.05, 3.63) is 42.1 Å². The minimum Gasteiger partial charge on any atom is -0.381 e. The molecule has 0 aliphatic carbocycles. The molecule has 19 heavy (non-hydrogen) atoms. The molecule has 7 heteroatoms. The van der Waals surface area contributed by atoms with Gasteiger partial charge in [-0.05, 0) is 19.1 Å². The molecule has 0 saturated carbocycles. The van der Waals surface area contributed by atoms with Crippen LogP contribution in [0.4, 0.5) is 10.2 Å². The van der Waals surface area contributed by atoms with Crippen LogP contribution in [0, 0.1) is 5.82 Å². The van der Waals surface area contributed by atoms with Crippen molar-refractivity contribution < 1.29 is 9.18 Å². The summed E-state index contributed by atoms with van der Waals surface area (Å²) in [5, 5.41) is 6.71. The van der Waals surface area contributed by atoms with Gasteiger partial charge in [-0.15, -0.1) is 0 Å². The Bertz CT molecular complexity index is 570. The zero-order valence-corrected chi connectivity index (χ0v) is 10.4. The van der Waals surface area contributed by atoms with Crippen molar-refractivity contribution in [2.24, 2.45) is 0 Å². The molecule has 2 rings (SSSR count). The third-order valence-electron chi connectivity index (χ3n) is 2.56. The lowest BCUT2D eigenvalue weighted by Gasteiger charge is -2.14. The summed E-state index contributed by atoms with van der Waals surface area (Å²) in [4.78, 5) is 15.5. The molecule has 0 radical (unpaired) electrons. The van der Waals surface area contributed by atoms with E-state index < -0.39 is 11.7 Å². The molecule has 0 saturated heterocycles. The summed E-state index contributed by atoms with van der Waals surface area (Å²) in [5.41, 5.74) is 5.21. The second-order valence-electron chi connectivity index (χ2n) is 4.16. The molecule has 2 aromatic heterocycles. The number of hydrogen-bond acceptors (Lipinski definition) is 4. The highest BCUT2D eigenvalue weighted by molar-refractivity contribution is 5.95. The van der Waals surface area contributed by atoms with Crippen LogP contribution >= 0.6 is 0 Å². The van der Waals surface area contributed by atoms with Gasteiger partial charge >= 0.3 is 0 Å². The number of carbonyl (C=O) groups is 1. The number of aromatic nitrogens is 3. The van der Waals surface area contributed by atoms with E-state index in [9.17, 15) is 9.18 Å². The number of nitrogens with two attached hydrogens (primary N) is 1. The van der Waals surface area contributed by atoms with Crippen LogP contribution in [0.3, 0.4) is 0 Å². The zero-order valence-electron chi connectivity index (χ0n) is 10.4. The van der Waals surface area contributed by atoms with E-state index >= 15 is 0 Å². The average molecular weight is 263 g/mol. The molecule has 2 heterocycles. The van der Waals surface area contributed by atoms with Crippen molar-refractivity contribution in [3.8, 4) is 0 Å². The molecular weight excluding hydrogens is 249 g/mol. The predicted octanol–water partition coefficient (Wildman–Crippen LogP) is 0.818. The number of anilines is 1. The van der Waals surface area contributed by atoms with Crippen LogP contribution in [0.2, 0.25) is 0 Å². The Kier molecular flexibility index (Phi) is 3.74. The standard InChI is InChI=1S/C12H14FN5O/c1-8(7-18-6-2-4-16-18)17-12(19)9-3-5-15-11(14)10(9)13/h2-6,8H,7H2,1H3,(H2,14,15)(H,17,19). The molecule has 3 N–H and O–H groups in total. The van der Waals surface area contributed by atoms with Crippen LogP contribution in [-0.2, 0) is 6.54 Å². The number of rotatable bonds is 4. The topological polar surface area (TPSA) is 85.8 Å². The van der Waals surface area contributed by atoms with Crippen molar-refractivity contribution in [1.29, 1.82) is 0 Å². The number of hydrogen-bond donors (Lipinski definition) is 2. The first-order valence-electron chi connectivity index (χ1n) is 5.76. The van der Waals surface area contributed by atoms with E-state index in [0.717, 1.165) is 0 Å². The Hall–Kier alpha value is -2.44. The third-order valence-corrected chi connectivity index (χ3v) is 2.56. The normalized spacial score (nSPS) is 12.1. The predicted molar refractivity (Wildman–Crippen MR) is 67.8 cm³/mol. The molecule has 0 bridgehead atoms. The molecule has 0 aromatic carbocycles. The fourth-order valence-corrected chi connectivity index (χ4v) is 1.67. The number of nitrogens with one attached hydrogen (secondary N) is 1. The van der Waals surface area contributed by atoms with E-state index in [1.54, 1.807) is 23.1 Å². The summed E-state index contributed by atoms with van der Waals surface area (Å²) in [5.74, 6) is -1.61. The summed E-state index contributed by atoms with van der Waals surface area (Å²) in [7, 11) is 0. The summed E-state index contributed by atoms with van der Waals surface area (Å²) < 4.78 is 15.3. The van der Waals surface area contributed by atoms with Gasteiger partial charge in [-0.25, -0.2) is 9.37 Å². The van der Waals surface area contributed by atoms with Crippen LogP contribution in [0.15, 0.2) is 30.7 Å². The molecule has 0 aliphatic heterocycles. The lowest BCUT2D eigenvalue weighted by Crippen LogP contribution is -2.36. The molecule has 0 fully saturated rings. The Morgan fingerprint density at radius 3 is 3.05 bits per heavy atom. The van der Waals surface area contributed by atoms with Crippen LogP contribution in [0.5, 0.6) is 0 Å². The maximum Gasteiger partial charge on any atom is 0.254 e. The van der Waals surface area contributed by atoms with Gasteiger partial charge in [-0.2, -0.15) is 5.10 Å². The molecule has 1 amide bonds. The molecule has 6 nitrogen and oxygen atoms in total. The van der Waals surface area contributed by atoms with Crippen molar-refractivity contribution >= 4 is 11.7 Å². The smallest absolute Gasteiger partial charge is 0.254 e. The fraction of sp³-hybridized carbons (Fsp3) is 0.250. The molecule has 100 valence electrons. The van der Waals surface area contributed by atoms with E-state index in [4.69, 9.17) is 5.73 Å². The van der Waals surface area contributed by atoms with E-state index in [0.29, 0.717) is 6.54 Å². The molecule has 2 aromatic rings. The number of nitrogen functional groups attached to an aromatic ring is 1. The van der Waals surface area contributed by atoms with Crippen molar-refractivity contribution in [2.75, 3.05) is 5.73 Å². The zero-order chi connectivity index (χ0) is 13.8. The van der Waals surface area contributed by atoms with Crippen LogP contribution in [-0.4, -0.2) is 26.7 Å². The summed E-state index contributed by atoms with van der Waals surface area (Å²) in [6.45, 7) is 2.31. The highest BCUT2D eigenvalue weighted by Crippen LogP contribution is 2.11. The second-order valence-corrected chi connectivity index (χ2v) is 4.16. The summed E-state index contributed by atoms with van der Waals surface area (Å²) >= 11 is 0. The minimum absolute atomic E-state index is 0.111. The molecule has 1 unspecified atom stereocenters. The Morgan fingerprint density at radius 1 is 1.58 bits per heavy atom. The fourth-order valence-electron chi connectivity index (χ4n) is 1.67. The first-order valence-corrected chi connectivity index (χ1v) is 5.76. The van der Waals surface area contributed by atoms with Gasteiger partial charge < -0.3 is 11.1 Å².